The first-order valence-corrected chi connectivity index (χ1v) is 8.25. The summed E-state index contributed by atoms with van der Waals surface area (Å²) < 4.78 is 4.82. The van der Waals surface area contributed by atoms with Crippen molar-refractivity contribution in [3.8, 4) is 5.75 Å². The standard InChI is InChI=1S/C19H26O3/c1-18(2)10-5-11-19(3)14(18)9-7-12-6-8-13(17(21)22-4)16(20)15(12)19/h6,8,14,20H,5,7,9-11H2,1-4H3/t14-,19-/m0/s1. The summed E-state index contributed by atoms with van der Waals surface area (Å²) in [5, 5.41) is 10.8. The van der Waals surface area contributed by atoms with Crippen LogP contribution in [0.15, 0.2) is 12.1 Å². The van der Waals surface area contributed by atoms with Crippen LogP contribution in [0.25, 0.3) is 0 Å². The summed E-state index contributed by atoms with van der Waals surface area (Å²) in [4.78, 5) is 11.9. The van der Waals surface area contributed by atoms with Gasteiger partial charge < -0.3 is 9.84 Å². The van der Waals surface area contributed by atoms with E-state index in [1.54, 1.807) is 6.07 Å². The third-order valence-corrected chi connectivity index (χ3v) is 6.17. The Bertz CT molecular complexity index is 617. The van der Waals surface area contributed by atoms with Gasteiger partial charge in [0.05, 0.1) is 7.11 Å². The van der Waals surface area contributed by atoms with E-state index >= 15 is 0 Å². The first-order valence-electron chi connectivity index (χ1n) is 8.25. The molecule has 0 aromatic heterocycles. The van der Waals surface area contributed by atoms with Crippen LogP contribution in [0.2, 0.25) is 0 Å². The molecular weight excluding hydrogens is 276 g/mol. The number of aryl methyl sites for hydroxylation is 1. The van der Waals surface area contributed by atoms with Gasteiger partial charge in [-0.15, -0.1) is 0 Å². The molecule has 1 fully saturated rings. The van der Waals surface area contributed by atoms with Crippen LogP contribution in [0.5, 0.6) is 5.75 Å². The lowest BCUT2D eigenvalue weighted by molar-refractivity contribution is 0.0389. The summed E-state index contributed by atoms with van der Waals surface area (Å²) >= 11 is 0. The number of fused-ring (bicyclic) bond motifs is 3. The van der Waals surface area contributed by atoms with Gasteiger partial charge >= 0.3 is 5.97 Å². The minimum absolute atomic E-state index is 0.0521. The van der Waals surface area contributed by atoms with E-state index in [1.165, 1.54) is 25.5 Å². The Kier molecular flexibility index (Phi) is 3.50. The molecule has 1 saturated carbocycles. The number of rotatable bonds is 1. The lowest BCUT2D eigenvalue weighted by Gasteiger charge is -2.54. The molecule has 1 N–H and O–H groups in total. The molecule has 3 nitrogen and oxygen atoms in total. The molecule has 22 heavy (non-hydrogen) atoms. The lowest BCUT2D eigenvalue weighted by Crippen LogP contribution is -2.48. The summed E-state index contributed by atoms with van der Waals surface area (Å²) in [6, 6.07) is 3.71. The molecule has 0 aliphatic heterocycles. The fourth-order valence-electron chi connectivity index (χ4n) is 5.18. The van der Waals surface area contributed by atoms with Crippen molar-refractivity contribution in [1.82, 2.24) is 0 Å². The number of aromatic hydroxyl groups is 1. The van der Waals surface area contributed by atoms with E-state index < -0.39 is 5.97 Å². The van der Waals surface area contributed by atoms with E-state index in [0.717, 1.165) is 24.8 Å². The molecular formula is C19H26O3. The van der Waals surface area contributed by atoms with E-state index in [2.05, 4.69) is 20.8 Å². The molecule has 0 spiro atoms. The second-order valence-corrected chi connectivity index (χ2v) is 7.84. The number of methoxy groups -OCH3 is 1. The van der Waals surface area contributed by atoms with Gasteiger partial charge in [0.2, 0.25) is 0 Å². The average molecular weight is 302 g/mol. The van der Waals surface area contributed by atoms with Crippen molar-refractivity contribution in [2.24, 2.45) is 11.3 Å². The number of esters is 1. The molecule has 0 heterocycles. The van der Waals surface area contributed by atoms with Crippen molar-refractivity contribution in [1.29, 1.82) is 0 Å². The number of phenolic OH excluding ortho intramolecular Hbond substituents is 1. The van der Waals surface area contributed by atoms with Gasteiger partial charge in [-0.2, -0.15) is 0 Å². The number of ether oxygens (including phenoxy) is 1. The summed E-state index contributed by atoms with van der Waals surface area (Å²) in [6.07, 6.45) is 5.62. The van der Waals surface area contributed by atoms with Gasteiger partial charge in [-0.3, -0.25) is 0 Å². The van der Waals surface area contributed by atoms with E-state index in [1.807, 2.05) is 6.07 Å². The fraction of sp³-hybridized carbons (Fsp3) is 0.632. The summed E-state index contributed by atoms with van der Waals surface area (Å²) in [5.74, 6) is 0.232. The van der Waals surface area contributed by atoms with Crippen molar-refractivity contribution in [3.05, 3.63) is 28.8 Å². The van der Waals surface area contributed by atoms with Crippen LogP contribution in [-0.4, -0.2) is 18.2 Å². The third kappa shape index (κ3) is 2.05. The van der Waals surface area contributed by atoms with Crippen LogP contribution in [0.4, 0.5) is 0 Å². The molecule has 0 radical (unpaired) electrons. The number of carbonyl (C=O) groups excluding carboxylic acids is 1. The van der Waals surface area contributed by atoms with E-state index in [4.69, 9.17) is 4.74 Å². The van der Waals surface area contributed by atoms with Gasteiger partial charge in [0, 0.05) is 5.56 Å². The Labute approximate surface area is 132 Å². The number of hydrogen-bond acceptors (Lipinski definition) is 3. The molecule has 1 aromatic carbocycles. The number of phenols is 1. The van der Waals surface area contributed by atoms with Gasteiger partial charge in [0.25, 0.3) is 0 Å². The normalized spacial score (nSPS) is 29.4. The van der Waals surface area contributed by atoms with Crippen LogP contribution in [0, 0.1) is 11.3 Å². The Morgan fingerprint density at radius 1 is 1.27 bits per heavy atom. The predicted molar refractivity (Wildman–Crippen MR) is 86.2 cm³/mol. The van der Waals surface area contributed by atoms with Gasteiger partial charge in [-0.1, -0.05) is 33.3 Å². The van der Waals surface area contributed by atoms with Gasteiger partial charge in [0.1, 0.15) is 11.3 Å². The predicted octanol–water partition coefficient (Wildman–Crippen LogP) is 4.21. The maximum atomic E-state index is 11.9. The molecule has 3 rings (SSSR count). The van der Waals surface area contributed by atoms with Crippen molar-refractivity contribution in [2.45, 2.75) is 58.3 Å². The maximum Gasteiger partial charge on any atom is 0.341 e. The number of hydrogen-bond donors (Lipinski definition) is 1. The molecule has 0 bridgehead atoms. The van der Waals surface area contributed by atoms with Crippen molar-refractivity contribution < 1.29 is 14.6 Å². The molecule has 3 heteroatoms. The van der Waals surface area contributed by atoms with Crippen molar-refractivity contribution in [2.75, 3.05) is 7.11 Å². The number of benzene rings is 1. The quantitative estimate of drug-likeness (QED) is 0.790. The molecule has 2 atom stereocenters. The van der Waals surface area contributed by atoms with E-state index in [-0.39, 0.29) is 16.6 Å². The Morgan fingerprint density at radius 3 is 2.68 bits per heavy atom. The van der Waals surface area contributed by atoms with Crippen molar-refractivity contribution >= 4 is 5.97 Å². The molecule has 0 saturated heterocycles. The summed E-state index contributed by atoms with van der Waals surface area (Å²) in [5.41, 5.74) is 2.72. The molecule has 0 unspecified atom stereocenters. The van der Waals surface area contributed by atoms with Crippen molar-refractivity contribution in [3.63, 3.8) is 0 Å². The first kappa shape index (κ1) is 15.4. The lowest BCUT2D eigenvalue weighted by atomic mass is 9.50. The minimum atomic E-state index is -0.457. The Hall–Kier alpha value is -1.51. The second-order valence-electron chi connectivity index (χ2n) is 7.84. The topological polar surface area (TPSA) is 46.5 Å². The molecule has 2 aliphatic rings. The highest BCUT2D eigenvalue weighted by molar-refractivity contribution is 5.93. The molecule has 0 amide bonds. The zero-order valence-corrected chi connectivity index (χ0v) is 14.0. The SMILES string of the molecule is COC(=O)c1ccc2c(c1O)[C@@]1(C)CCCC(C)(C)[C@@H]1CC2. The van der Waals surface area contributed by atoms with Crippen LogP contribution >= 0.6 is 0 Å². The number of carbonyl (C=O) groups is 1. The van der Waals surface area contributed by atoms with Crippen LogP contribution in [0.1, 0.15) is 67.9 Å². The average Bonchev–Trinajstić information content (AvgIpc) is 2.45. The minimum Gasteiger partial charge on any atom is -0.507 e. The Balaban J connectivity index is 2.18. The molecule has 2 aliphatic carbocycles. The third-order valence-electron chi connectivity index (χ3n) is 6.17. The van der Waals surface area contributed by atoms with Gasteiger partial charge in [-0.05, 0) is 54.1 Å². The highest BCUT2D eigenvalue weighted by Gasteiger charge is 2.51. The van der Waals surface area contributed by atoms with E-state index in [9.17, 15) is 9.90 Å². The van der Waals surface area contributed by atoms with E-state index in [0.29, 0.717) is 11.5 Å². The van der Waals surface area contributed by atoms with Gasteiger partial charge in [0.15, 0.2) is 0 Å². The zero-order valence-electron chi connectivity index (χ0n) is 14.0. The Morgan fingerprint density at radius 2 is 2.00 bits per heavy atom. The smallest absolute Gasteiger partial charge is 0.341 e. The second kappa shape index (κ2) is 5.00. The van der Waals surface area contributed by atoms with Crippen LogP contribution < -0.4 is 0 Å². The highest BCUT2D eigenvalue weighted by atomic mass is 16.5. The monoisotopic (exact) mass is 302 g/mol. The summed E-state index contributed by atoms with van der Waals surface area (Å²) in [6.45, 7) is 6.97. The maximum absolute atomic E-state index is 11.9. The molecule has 1 aromatic rings. The van der Waals surface area contributed by atoms with Crippen LogP contribution in [-0.2, 0) is 16.6 Å². The largest absolute Gasteiger partial charge is 0.507 e. The highest BCUT2D eigenvalue weighted by Crippen LogP contribution is 2.59. The fourth-order valence-corrected chi connectivity index (χ4v) is 5.18. The summed E-state index contributed by atoms with van der Waals surface area (Å²) in [7, 11) is 1.36. The van der Waals surface area contributed by atoms with Gasteiger partial charge in [-0.25, -0.2) is 4.79 Å². The van der Waals surface area contributed by atoms with Crippen LogP contribution in [0.3, 0.4) is 0 Å². The first-order chi connectivity index (χ1) is 10.3. The zero-order chi connectivity index (χ0) is 16.1. The molecule has 120 valence electrons.